The lowest BCUT2D eigenvalue weighted by Crippen LogP contribution is -2.45. The molecule has 1 N–H and O–H groups in total. The van der Waals surface area contributed by atoms with Gasteiger partial charge in [0.25, 0.3) is 0 Å². The first-order chi connectivity index (χ1) is 14.2. The molecular formula is C23H32N4O2S. The third-order valence-corrected chi connectivity index (χ3v) is 7.07. The summed E-state index contributed by atoms with van der Waals surface area (Å²) in [5.41, 5.74) is 4.24. The molecule has 162 valence electrons. The van der Waals surface area contributed by atoms with E-state index in [1.165, 1.54) is 0 Å². The number of hydrogen-bond donors (Lipinski definition) is 1. The number of aryl methyl sites for hydroxylation is 2. The average molecular weight is 429 g/mol. The summed E-state index contributed by atoms with van der Waals surface area (Å²) in [6, 6.07) is 4.21. The molecule has 2 atom stereocenters. The Morgan fingerprint density at radius 1 is 1.20 bits per heavy atom. The van der Waals surface area contributed by atoms with Gasteiger partial charge in [0.1, 0.15) is 0 Å². The van der Waals surface area contributed by atoms with Gasteiger partial charge in [0.2, 0.25) is 5.91 Å². The highest BCUT2D eigenvalue weighted by Gasteiger charge is 2.39. The van der Waals surface area contributed by atoms with Crippen LogP contribution in [0.4, 0.5) is 5.13 Å². The van der Waals surface area contributed by atoms with Crippen molar-refractivity contribution in [2.24, 2.45) is 5.41 Å². The SMILES string of the molecule is Cc1cc(-c2sc(N3C[C@@H](C)O[C@@H](C)C3)nc2CNC(=O)CC2(C)CC2)cc(C)n1. The molecule has 1 amide bonds. The van der Waals surface area contributed by atoms with Crippen LogP contribution in [0.1, 0.15) is 57.1 Å². The van der Waals surface area contributed by atoms with Crippen LogP contribution in [0.15, 0.2) is 12.1 Å². The van der Waals surface area contributed by atoms with E-state index in [-0.39, 0.29) is 23.5 Å². The summed E-state index contributed by atoms with van der Waals surface area (Å²) in [6.45, 7) is 12.5. The second kappa shape index (κ2) is 8.27. The second-order valence-corrected chi connectivity index (χ2v) is 10.3. The van der Waals surface area contributed by atoms with E-state index in [9.17, 15) is 4.79 Å². The number of nitrogens with one attached hydrogen (secondary N) is 1. The molecule has 30 heavy (non-hydrogen) atoms. The van der Waals surface area contributed by atoms with Gasteiger partial charge in [0.15, 0.2) is 5.13 Å². The summed E-state index contributed by atoms with van der Waals surface area (Å²) >= 11 is 1.70. The molecule has 1 aliphatic carbocycles. The Morgan fingerprint density at radius 2 is 1.83 bits per heavy atom. The summed E-state index contributed by atoms with van der Waals surface area (Å²) in [5, 5.41) is 4.11. The zero-order valence-corrected chi connectivity index (χ0v) is 19.4. The monoisotopic (exact) mass is 428 g/mol. The average Bonchev–Trinajstić information content (AvgIpc) is 3.21. The van der Waals surface area contributed by atoms with E-state index < -0.39 is 0 Å². The molecule has 0 aromatic carbocycles. The fourth-order valence-electron chi connectivity index (χ4n) is 4.14. The second-order valence-electron chi connectivity index (χ2n) is 9.34. The van der Waals surface area contributed by atoms with E-state index in [4.69, 9.17) is 9.72 Å². The van der Waals surface area contributed by atoms with Crippen LogP contribution in [0.5, 0.6) is 0 Å². The lowest BCUT2D eigenvalue weighted by molar-refractivity contribution is -0.122. The van der Waals surface area contributed by atoms with Gasteiger partial charge in [-0.05, 0) is 63.6 Å². The van der Waals surface area contributed by atoms with Gasteiger partial charge in [-0.1, -0.05) is 18.3 Å². The molecule has 3 heterocycles. The number of nitrogens with zero attached hydrogens (tertiary/aromatic N) is 3. The Morgan fingerprint density at radius 3 is 2.43 bits per heavy atom. The quantitative estimate of drug-likeness (QED) is 0.745. The first kappa shape index (κ1) is 21.2. The van der Waals surface area contributed by atoms with Gasteiger partial charge >= 0.3 is 0 Å². The Bertz CT molecular complexity index is 907. The van der Waals surface area contributed by atoms with Crippen molar-refractivity contribution in [3.05, 3.63) is 29.2 Å². The number of amides is 1. The molecule has 2 aromatic rings. The van der Waals surface area contributed by atoms with Gasteiger partial charge in [0.05, 0.1) is 29.3 Å². The number of ether oxygens (including phenoxy) is 1. The number of anilines is 1. The van der Waals surface area contributed by atoms with Gasteiger partial charge in [-0.25, -0.2) is 4.98 Å². The molecule has 0 bridgehead atoms. The van der Waals surface area contributed by atoms with E-state index in [2.05, 4.69) is 48.1 Å². The molecule has 2 fully saturated rings. The predicted octanol–water partition coefficient (Wildman–Crippen LogP) is 4.24. The highest BCUT2D eigenvalue weighted by Crippen LogP contribution is 2.48. The summed E-state index contributed by atoms with van der Waals surface area (Å²) < 4.78 is 5.89. The minimum Gasteiger partial charge on any atom is -0.372 e. The van der Waals surface area contributed by atoms with E-state index in [1.807, 2.05) is 13.8 Å². The molecule has 1 aliphatic heterocycles. The van der Waals surface area contributed by atoms with Crippen molar-refractivity contribution < 1.29 is 9.53 Å². The van der Waals surface area contributed by atoms with E-state index >= 15 is 0 Å². The minimum absolute atomic E-state index is 0.117. The number of thiazole rings is 1. The fourth-order valence-corrected chi connectivity index (χ4v) is 5.23. The Hall–Kier alpha value is -1.99. The molecule has 2 aliphatic rings. The highest BCUT2D eigenvalue weighted by atomic mass is 32.1. The number of hydrogen-bond acceptors (Lipinski definition) is 6. The maximum Gasteiger partial charge on any atom is 0.220 e. The summed E-state index contributed by atoms with van der Waals surface area (Å²) in [4.78, 5) is 25.4. The van der Waals surface area contributed by atoms with Crippen LogP contribution < -0.4 is 10.2 Å². The fraction of sp³-hybridized carbons (Fsp3) is 0.609. The maximum atomic E-state index is 12.5. The summed E-state index contributed by atoms with van der Waals surface area (Å²) in [7, 11) is 0. The van der Waals surface area contributed by atoms with Crippen LogP contribution in [0.3, 0.4) is 0 Å². The van der Waals surface area contributed by atoms with Crippen LogP contribution in [0.25, 0.3) is 10.4 Å². The Labute approximate surface area is 183 Å². The molecule has 6 nitrogen and oxygen atoms in total. The van der Waals surface area contributed by atoms with Crippen molar-refractivity contribution in [1.29, 1.82) is 0 Å². The van der Waals surface area contributed by atoms with E-state index in [0.717, 1.165) is 58.6 Å². The van der Waals surface area contributed by atoms with Crippen molar-refractivity contribution in [3.63, 3.8) is 0 Å². The summed E-state index contributed by atoms with van der Waals surface area (Å²) in [5.74, 6) is 0.117. The van der Waals surface area contributed by atoms with Gasteiger partial charge in [-0.2, -0.15) is 0 Å². The standard InChI is InChI=1S/C23H32N4O2S/c1-14-8-18(9-15(2)25-14)21-19(11-24-20(28)10-23(5)6-7-23)26-22(30-21)27-12-16(3)29-17(4)13-27/h8-9,16-17H,6-7,10-13H2,1-5H3,(H,24,28)/t16-,17+. The van der Waals surface area contributed by atoms with Gasteiger partial charge in [0, 0.05) is 30.9 Å². The highest BCUT2D eigenvalue weighted by molar-refractivity contribution is 7.19. The normalized spacial score (nSPS) is 22.8. The number of rotatable bonds is 6. The topological polar surface area (TPSA) is 67.3 Å². The Balaban J connectivity index is 1.60. The first-order valence-electron chi connectivity index (χ1n) is 10.8. The van der Waals surface area contributed by atoms with Crippen LogP contribution >= 0.6 is 11.3 Å². The molecule has 1 saturated heterocycles. The number of pyridine rings is 1. The third-order valence-electron chi connectivity index (χ3n) is 5.86. The lowest BCUT2D eigenvalue weighted by atomic mass is 10.1. The number of carbonyl (C=O) groups excluding carboxylic acids is 1. The molecular weight excluding hydrogens is 396 g/mol. The van der Waals surface area contributed by atoms with Crippen LogP contribution in [-0.2, 0) is 16.1 Å². The minimum atomic E-state index is 0.117. The van der Waals surface area contributed by atoms with Crippen molar-refractivity contribution in [2.75, 3.05) is 18.0 Å². The van der Waals surface area contributed by atoms with E-state index in [0.29, 0.717) is 13.0 Å². The molecule has 0 spiro atoms. The van der Waals surface area contributed by atoms with Crippen LogP contribution in [-0.4, -0.2) is 41.2 Å². The van der Waals surface area contributed by atoms with Crippen molar-refractivity contribution >= 4 is 22.4 Å². The van der Waals surface area contributed by atoms with Crippen molar-refractivity contribution in [1.82, 2.24) is 15.3 Å². The van der Waals surface area contributed by atoms with Crippen LogP contribution in [0.2, 0.25) is 0 Å². The van der Waals surface area contributed by atoms with Gasteiger partial charge in [-0.3, -0.25) is 9.78 Å². The zero-order valence-electron chi connectivity index (χ0n) is 18.6. The molecule has 7 heteroatoms. The lowest BCUT2D eigenvalue weighted by Gasteiger charge is -2.35. The molecule has 2 aromatic heterocycles. The zero-order chi connectivity index (χ0) is 21.5. The predicted molar refractivity (Wildman–Crippen MR) is 121 cm³/mol. The van der Waals surface area contributed by atoms with Crippen molar-refractivity contribution in [3.8, 4) is 10.4 Å². The Kier molecular flexibility index (Phi) is 5.86. The number of carbonyl (C=O) groups is 1. The van der Waals surface area contributed by atoms with Crippen molar-refractivity contribution in [2.45, 2.75) is 72.6 Å². The summed E-state index contributed by atoms with van der Waals surface area (Å²) in [6.07, 6.45) is 3.25. The van der Waals surface area contributed by atoms with Gasteiger partial charge in [-0.15, -0.1) is 0 Å². The first-order valence-corrected chi connectivity index (χ1v) is 11.6. The maximum absolute atomic E-state index is 12.5. The largest absolute Gasteiger partial charge is 0.372 e. The van der Waals surface area contributed by atoms with E-state index in [1.54, 1.807) is 11.3 Å². The molecule has 0 radical (unpaired) electrons. The smallest absolute Gasteiger partial charge is 0.220 e. The molecule has 0 unspecified atom stereocenters. The van der Waals surface area contributed by atoms with Gasteiger partial charge < -0.3 is 15.0 Å². The number of aromatic nitrogens is 2. The van der Waals surface area contributed by atoms with Crippen LogP contribution in [0, 0.1) is 19.3 Å². The third kappa shape index (κ3) is 5.01. The molecule has 1 saturated carbocycles. The number of morpholine rings is 1. The molecule has 4 rings (SSSR count).